The fourth-order valence-electron chi connectivity index (χ4n) is 2.78. The van der Waals surface area contributed by atoms with Crippen LogP contribution in [0.1, 0.15) is 35.8 Å². The van der Waals surface area contributed by atoms with Gasteiger partial charge >= 0.3 is 5.97 Å². The summed E-state index contributed by atoms with van der Waals surface area (Å²) in [7, 11) is 1.32. The number of esters is 1. The molecule has 0 saturated carbocycles. The molecular formula is C20H25N2O3+. The van der Waals surface area contributed by atoms with Crippen LogP contribution in [0.2, 0.25) is 0 Å². The molecule has 132 valence electrons. The number of hydrogen-bond acceptors (Lipinski definition) is 3. The highest BCUT2D eigenvalue weighted by atomic mass is 16.5. The summed E-state index contributed by atoms with van der Waals surface area (Å²) in [6.45, 7) is 4.55. The van der Waals surface area contributed by atoms with Crippen molar-refractivity contribution in [3.05, 3.63) is 65.7 Å². The predicted molar refractivity (Wildman–Crippen MR) is 97.2 cm³/mol. The van der Waals surface area contributed by atoms with Gasteiger partial charge in [0.1, 0.15) is 6.04 Å². The Labute approximate surface area is 148 Å². The Balaban J connectivity index is 2.02. The lowest BCUT2D eigenvalue weighted by molar-refractivity contribution is -0.692. The van der Waals surface area contributed by atoms with Crippen LogP contribution in [0.25, 0.3) is 0 Å². The Bertz CT molecular complexity index is 714. The van der Waals surface area contributed by atoms with E-state index in [4.69, 9.17) is 4.74 Å². The van der Waals surface area contributed by atoms with Gasteiger partial charge in [0, 0.05) is 11.5 Å². The topological polar surface area (TPSA) is 72.0 Å². The minimum absolute atomic E-state index is 0.155. The SMILES string of the molecule is COC(=O)c1ccccc1NC(=O)C[NH2+][C@H](c1ccccc1)C(C)C. The van der Waals surface area contributed by atoms with E-state index in [1.807, 2.05) is 23.5 Å². The van der Waals surface area contributed by atoms with E-state index in [-0.39, 0.29) is 18.5 Å². The summed E-state index contributed by atoms with van der Waals surface area (Å²) in [6, 6.07) is 17.2. The van der Waals surface area contributed by atoms with Crippen LogP contribution in [0.3, 0.4) is 0 Å². The van der Waals surface area contributed by atoms with Gasteiger partial charge < -0.3 is 15.4 Å². The van der Waals surface area contributed by atoms with E-state index < -0.39 is 5.97 Å². The first-order valence-electron chi connectivity index (χ1n) is 8.38. The monoisotopic (exact) mass is 341 g/mol. The lowest BCUT2D eigenvalue weighted by Crippen LogP contribution is -2.88. The summed E-state index contributed by atoms with van der Waals surface area (Å²) >= 11 is 0. The fourth-order valence-corrected chi connectivity index (χ4v) is 2.78. The van der Waals surface area contributed by atoms with Crippen molar-refractivity contribution in [1.82, 2.24) is 0 Å². The second-order valence-electron chi connectivity index (χ2n) is 6.21. The van der Waals surface area contributed by atoms with Gasteiger partial charge in [-0.25, -0.2) is 4.79 Å². The van der Waals surface area contributed by atoms with Crippen molar-refractivity contribution in [2.24, 2.45) is 5.92 Å². The summed E-state index contributed by atoms with van der Waals surface area (Å²) in [4.78, 5) is 24.1. The number of methoxy groups -OCH3 is 1. The number of anilines is 1. The van der Waals surface area contributed by atoms with Crippen molar-refractivity contribution in [2.75, 3.05) is 19.0 Å². The molecule has 0 aliphatic heterocycles. The van der Waals surface area contributed by atoms with E-state index in [2.05, 4.69) is 31.3 Å². The van der Waals surface area contributed by atoms with E-state index in [9.17, 15) is 9.59 Å². The predicted octanol–water partition coefficient (Wildman–Crippen LogP) is 2.37. The summed E-state index contributed by atoms with van der Waals surface area (Å²) in [5.74, 6) is -0.236. The zero-order chi connectivity index (χ0) is 18.2. The first-order valence-corrected chi connectivity index (χ1v) is 8.38. The van der Waals surface area contributed by atoms with Gasteiger partial charge in [-0.2, -0.15) is 0 Å². The minimum atomic E-state index is -0.468. The smallest absolute Gasteiger partial charge is 0.339 e. The number of carbonyl (C=O) groups is 2. The molecule has 1 amide bonds. The first-order chi connectivity index (χ1) is 12.0. The van der Waals surface area contributed by atoms with Gasteiger partial charge in [-0.15, -0.1) is 0 Å². The molecule has 0 fully saturated rings. The average molecular weight is 341 g/mol. The quantitative estimate of drug-likeness (QED) is 0.760. The van der Waals surface area contributed by atoms with Crippen molar-refractivity contribution in [1.29, 1.82) is 0 Å². The normalized spacial score (nSPS) is 11.8. The van der Waals surface area contributed by atoms with E-state index in [0.29, 0.717) is 17.2 Å². The van der Waals surface area contributed by atoms with Crippen molar-refractivity contribution >= 4 is 17.6 Å². The number of para-hydroxylation sites is 1. The molecule has 2 aromatic carbocycles. The van der Waals surface area contributed by atoms with E-state index in [1.165, 1.54) is 12.7 Å². The third kappa shape index (κ3) is 5.16. The molecule has 0 bridgehead atoms. The zero-order valence-corrected chi connectivity index (χ0v) is 14.9. The number of carbonyl (C=O) groups excluding carboxylic acids is 2. The second-order valence-corrected chi connectivity index (χ2v) is 6.21. The molecule has 3 N–H and O–H groups in total. The van der Waals surface area contributed by atoms with Gasteiger partial charge in [-0.3, -0.25) is 4.79 Å². The average Bonchev–Trinajstić information content (AvgIpc) is 2.62. The number of amides is 1. The summed E-state index contributed by atoms with van der Waals surface area (Å²) < 4.78 is 4.75. The number of rotatable bonds is 7. The number of nitrogens with one attached hydrogen (secondary N) is 1. The van der Waals surface area contributed by atoms with Crippen LogP contribution in [0.15, 0.2) is 54.6 Å². The second kappa shape index (κ2) is 8.99. The third-order valence-corrected chi connectivity index (χ3v) is 4.07. The van der Waals surface area contributed by atoms with Crippen LogP contribution in [-0.2, 0) is 9.53 Å². The lowest BCUT2D eigenvalue weighted by atomic mass is 9.96. The molecule has 1 atom stereocenters. The Morgan fingerprint density at radius 2 is 1.68 bits per heavy atom. The molecule has 2 aromatic rings. The van der Waals surface area contributed by atoms with Gasteiger partial charge in [0.25, 0.3) is 5.91 Å². The van der Waals surface area contributed by atoms with Crippen LogP contribution in [0, 0.1) is 5.92 Å². The molecule has 0 radical (unpaired) electrons. The maximum Gasteiger partial charge on any atom is 0.339 e. The molecule has 0 aromatic heterocycles. The van der Waals surface area contributed by atoms with Gasteiger partial charge in [0.2, 0.25) is 0 Å². The van der Waals surface area contributed by atoms with Gasteiger partial charge in [-0.1, -0.05) is 56.3 Å². The van der Waals surface area contributed by atoms with E-state index in [1.54, 1.807) is 24.3 Å². The van der Waals surface area contributed by atoms with Crippen molar-refractivity contribution in [3.8, 4) is 0 Å². The number of nitrogens with two attached hydrogens (primary N) is 1. The largest absolute Gasteiger partial charge is 0.465 e. The Morgan fingerprint density at radius 1 is 1.04 bits per heavy atom. The fraction of sp³-hybridized carbons (Fsp3) is 0.300. The highest BCUT2D eigenvalue weighted by Crippen LogP contribution is 2.17. The van der Waals surface area contributed by atoms with Crippen LogP contribution in [0.5, 0.6) is 0 Å². The Hall–Kier alpha value is -2.66. The van der Waals surface area contributed by atoms with E-state index in [0.717, 1.165) is 0 Å². The first kappa shape index (κ1) is 18.7. The molecule has 0 aliphatic carbocycles. The molecule has 25 heavy (non-hydrogen) atoms. The molecule has 0 unspecified atom stereocenters. The van der Waals surface area contributed by atoms with Crippen LogP contribution in [0.4, 0.5) is 5.69 Å². The van der Waals surface area contributed by atoms with Gasteiger partial charge in [-0.05, 0) is 12.1 Å². The van der Waals surface area contributed by atoms with Crippen molar-refractivity contribution in [2.45, 2.75) is 19.9 Å². The van der Waals surface area contributed by atoms with Crippen LogP contribution in [-0.4, -0.2) is 25.5 Å². The molecule has 0 heterocycles. The van der Waals surface area contributed by atoms with Gasteiger partial charge in [0.15, 0.2) is 6.54 Å². The number of benzene rings is 2. The molecule has 0 saturated heterocycles. The molecule has 0 aliphatic rings. The summed E-state index contributed by atoms with van der Waals surface area (Å²) in [5.41, 5.74) is 2.01. The lowest BCUT2D eigenvalue weighted by Gasteiger charge is -2.19. The molecule has 5 heteroatoms. The van der Waals surface area contributed by atoms with Crippen molar-refractivity contribution < 1.29 is 19.6 Å². The molecule has 2 rings (SSSR count). The molecule has 5 nitrogen and oxygen atoms in total. The Kier molecular flexibility index (Phi) is 6.71. The highest BCUT2D eigenvalue weighted by molar-refractivity contribution is 6.01. The highest BCUT2D eigenvalue weighted by Gasteiger charge is 2.21. The minimum Gasteiger partial charge on any atom is -0.465 e. The maximum absolute atomic E-state index is 12.3. The summed E-state index contributed by atoms with van der Waals surface area (Å²) in [6.07, 6.45) is 0. The number of quaternary nitrogens is 1. The van der Waals surface area contributed by atoms with Crippen molar-refractivity contribution in [3.63, 3.8) is 0 Å². The summed E-state index contributed by atoms with van der Waals surface area (Å²) in [5, 5.41) is 4.82. The van der Waals surface area contributed by atoms with Crippen LogP contribution < -0.4 is 10.6 Å². The number of hydrogen-bond donors (Lipinski definition) is 2. The maximum atomic E-state index is 12.3. The standard InChI is InChI=1S/C20H24N2O3/c1-14(2)19(15-9-5-4-6-10-15)21-13-18(23)22-17-12-8-7-11-16(17)20(24)25-3/h4-12,14,19,21H,13H2,1-3H3,(H,22,23)/p+1/t19-/m0/s1. The van der Waals surface area contributed by atoms with Crippen LogP contribution >= 0.6 is 0 Å². The van der Waals surface area contributed by atoms with E-state index >= 15 is 0 Å². The zero-order valence-electron chi connectivity index (χ0n) is 14.9. The third-order valence-electron chi connectivity index (χ3n) is 4.07. The Morgan fingerprint density at radius 3 is 2.32 bits per heavy atom. The van der Waals surface area contributed by atoms with Gasteiger partial charge in [0.05, 0.1) is 18.4 Å². The number of ether oxygens (including phenoxy) is 1. The molecular weight excluding hydrogens is 316 g/mol. The molecule has 0 spiro atoms.